The van der Waals surface area contributed by atoms with Gasteiger partial charge in [0.05, 0.1) is 0 Å². The largest absolute Gasteiger partial charge is 0.343 e. The molecule has 0 aliphatic carbocycles. The zero-order valence-corrected chi connectivity index (χ0v) is 6.60. The van der Waals surface area contributed by atoms with Crippen LogP contribution in [0.15, 0.2) is 0 Å². The van der Waals surface area contributed by atoms with Crippen molar-refractivity contribution < 1.29 is 4.79 Å². The molecule has 0 aromatic heterocycles. The fraction of sp³-hybridized carbons (Fsp3) is 0.875. The molecule has 0 radical (unpaired) electrons. The molecule has 2 nitrogen and oxygen atoms in total. The molecular formula is C8H15NO. The van der Waals surface area contributed by atoms with E-state index in [9.17, 15) is 4.79 Å². The van der Waals surface area contributed by atoms with Gasteiger partial charge in [-0.15, -0.1) is 0 Å². The second-order valence-corrected chi connectivity index (χ2v) is 2.80. The van der Waals surface area contributed by atoms with Gasteiger partial charge in [0.25, 0.3) is 0 Å². The van der Waals surface area contributed by atoms with E-state index >= 15 is 0 Å². The van der Waals surface area contributed by atoms with Gasteiger partial charge >= 0.3 is 0 Å². The maximum atomic E-state index is 11.1. The topological polar surface area (TPSA) is 20.3 Å². The number of carbonyl (C=O) groups is 1. The van der Waals surface area contributed by atoms with Crippen molar-refractivity contribution in [2.24, 2.45) is 0 Å². The highest BCUT2D eigenvalue weighted by molar-refractivity contribution is 5.75. The minimum atomic E-state index is 0.319. The van der Waals surface area contributed by atoms with Gasteiger partial charge in [0.1, 0.15) is 0 Å². The molecule has 0 aromatic rings. The minimum absolute atomic E-state index is 0.319. The molecule has 1 aliphatic heterocycles. The van der Waals surface area contributed by atoms with Gasteiger partial charge in [-0.2, -0.15) is 0 Å². The van der Waals surface area contributed by atoms with Crippen molar-refractivity contribution in [3.8, 4) is 0 Å². The molecule has 1 fully saturated rings. The Morgan fingerprint density at radius 3 is 2.40 bits per heavy atom. The van der Waals surface area contributed by atoms with Crippen molar-refractivity contribution >= 4 is 5.91 Å². The summed E-state index contributed by atoms with van der Waals surface area (Å²) in [5.74, 6) is 0.319. The van der Waals surface area contributed by atoms with Gasteiger partial charge in [0.2, 0.25) is 5.91 Å². The highest BCUT2D eigenvalue weighted by Crippen LogP contribution is 2.09. The molecule has 1 heterocycles. The molecule has 58 valence electrons. The molecule has 0 spiro atoms. The van der Waals surface area contributed by atoms with Crippen LogP contribution in [0, 0.1) is 0 Å². The Bertz CT molecular complexity index is 116. The van der Waals surface area contributed by atoms with Crippen LogP contribution in [0.1, 0.15) is 32.6 Å². The average Bonchev–Trinajstić information content (AvgIpc) is 2.05. The Morgan fingerprint density at radius 2 is 1.90 bits per heavy atom. The van der Waals surface area contributed by atoms with Crippen molar-refractivity contribution in [3.63, 3.8) is 0 Å². The predicted molar refractivity (Wildman–Crippen MR) is 40.7 cm³/mol. The number of piperidine rings is 1. The van der Waals surface area contributed by atoms with Gasteiger partial charge in [-0.3, -0.25) is 4.79 Å². The monoisotopic (exact) mass is 141 g/mol. The number of carbonyl (C=O) groups excluding carboxylic acids is 1. The van der Waals surface area contributed by atoms with E-state index in [1.807, 2.05) is 11.8 Å². The summed E-state index contributed by atoms with van der Waals surface area (Å²) in [6.45, 7) is 3.91. The molecule has 0 aromatic carbocycles. The van der Waals surface area contributed by atoms with E-state index < -0.39 is 0 Å². The van der Waals surface area contributed by atoms with Crippen LogP contribution in [0.2, 0.25) is 0 Å². The number of hydrogen-bond acceptors (Lipinski definition) is 1. The van der Waals surface area contributed by atoms with E-state index in [0.717, 1.165) is 13.1 Å². The van der Waals surface area contributed by atoms with Gasteiger partial charge in [0, 0.05) is 19.5 Å². The fourth-order valence-electron chi connectivity index (χ4n) is 1.37. The molecule has 2 heteroatoms. The van der Waals surface area contributed by atoms with Crippen molar-refractivity contribution in [1.29, 1.82) is 0 Å². The Labute approximate surface area is 62.2 Å². The van der Waals surface area contributed by atoms with E-state index in [-0.39, 0.29) is 0 Å². The third-order valence-electron chi connectivity index (χ3n) is 2.01. The van der Waals surface area contributed by atoms with Crippen LogP contribution in [-0.4, -0.2) is 23.9 Å². The lowest BCUT2D eigenvalue weighted by atomic mass is 10.1. The molecule has 0 atom stereocenters. The number of hydrogen-bond donors (Lipinski definition) is 0. The number of rotatable bonds is 1. The second-order valence-electron chi connectivity index (χ2n) is 2.80. The summed E-state index contributed by atoms with van der Waals surface area (Å²) >= 11 is 0. The first-order chi connectivity index (χ1) is 4.84. The standard InChI is InChI=1S/C8H15NO/c1-2-8(10)9-6-4-3-5-7-9/h2-7H2,1H3. The minimum Gasteiger partial charge on any atom is -0.343 e. The van der Waals surface area contributed by atoms with Crippen molar-refractivity contribution in [2.45, 2.75) is 32.6 Å². The first-order valence-electron chi connectivity index (χ1n) is 4.12. The van der Waals surface area contributed by atoms with Gasteiger partial charge < -0.3 is 4.90 Å². The molecular weight excluding hydrogens is 126 g/mol. The molecule has 0 saturated carbocycles. The second kappa shape index (κ2) is 3.59. The quantitative estimate of drug-likeness (QED) is 0.540. The van der Waals surface area contributed by atoms with Crippen LogP contribution in [0.4, 0.5) is 0 Å². The zero-order valence-electron chi connectivity index (χ0n) is 6.60. The Balaban J connectivity index is 2.31. The van der Waals surface area contributed by atoms with Crippen LogP contribution in [-0.2, 0) is 4.79 Å². The van der Waals surface area contributed by atoms with E-state index in [4.69, 9.17) is 0 Å². The van der Waals surface area contributed by atoms with Gasteiger partial charge in [-0.1, -0.05) is 6.92 Å². The van der Waals surface area contributed by atoms with E-state index in [1.165, 1.54) is 19.3 Å². The summed E-state index contributed by atoms with van der Waals surface area (Å²) < 4.78 is 0. The first kappa shape index (κ1) is 7.58. The van der Waals surface area contributed by atoms with Crippen molar-refractivity contribution in [3.05, 3.63) is 0 Å². The third kappa shape index (κ3) is 1.72. The summed E-state index contributed by atoms with van der Waals surface area (Å²) in [5, 5.41) is 0. The van der Waals surface area contributed by atoms with Crippen molar-refractivity contribution in [1.82, 2.24) is 4.90 Å². The maximum absolute atomic E-state index is 11.1. The van der Waals surface area contributed by atoms with Crippen LogP contribution in [0.5, 0.6) is 0 Å². The Morgan fingerprint density at radius 1 is 1.30 bits per heavy atom. The normalized spacial score (nSPS) is 19.1. The molecule has 10 heavy (non-hydrogen) atoms. The summed E-state index contributed by atoms with van der Waals surface area (Å²) in [6.07, 6.45) is 4.37. The van der Waals surface area contributed by atoms with E-state index in [2.05, 4.69) is 0 Å². The van der Waals surface area contributed by atoms with E-state index in [1.54, 1.807) is 0 Å². The molecule has 1 aliphatic rings. The highest BCUT2D eigenvalue weighted by atomic mass is 16.2. The molecule has 0 N–H and O–H groups in total. The first-order valence-corrected chi connectivity index (χ1v) is 4.12. The Kier molecular flexibility index (Phi) is 2.72. The van der Waals surface area contributed by atoms with E-state index in [0.29, 0.717) is 12.3 Å². The van der Waals surface area contributed by atoms with Gasteiger partial charge in [-0.25, -0.2) is 0 Å². The lowest BCUT2D eigenvalue weighted by Crippen LogP contribution is -2.34. The summed E-state index contributed by atoms with van der Waals surface area (Å²) in [4.78, 5) is 13.1. The summed E-state index contributed by atoms with van der Waals surface area (Å²) in [7, 11) is 0. The van der Waals surface area contributed by atoms with Gasteiger partial charge in [-0.05, 0) is 19.3 Å². The molecule has 0 bridgehead atoms. The third-order valence-corrected chi connectivity index (χ3v) is 2.01. The van der Waals surface area contributed by atoms with Crippen LogP contribution in [0.25, 0.3) is 0 Å². The summed E-state index contributed by atoms with van der Waals surface area (Å²) in [5.41, 5.74) is 0. The number of likely N-dealkylation sites (tertiary alicyclic amines) is 1. The predicted octanol–water partition coefficient (Wildman–Crippen LogP) is 1.41. The van der Waals surface area contributed by atoms with Crippen molar-refractivity contribution in [2.75, 3.05) is 13.1 Å². The Hall–Kier alpha value is -0.530. The SMILES string of the molecule is CCC(=O)N1CCCCC1. The average molecular weight is 141 g/mol. The lowest BCUT2D eigenvalue weighted by Gasteiger charge is -2.26. The maximum Gasteiger partial charge on any atom is 0.222 e. The number of nitrogens with zero attached hydrogens (tertiary/aromatic N) is 1. The molecule has 0 unspecified atom stereocenters. The highest BCUT2D eigenvalue weighted by Gasteiger charge is 2.13. The van der Waals surface area contributed by atoms with Crippen LogP contribution < -0.4 is 0 Å². The molecule has 1 saturated heterocycles. The van der Waals surface area contributed by atoms with Crippen LogP contribution in [0.3, 0.4) is 0 Å². The molecule has 1 rings (SSSR count). The van der Waals surface area contributed by atoms with Crippen LogP contribution >= 0.6 is 0 Å². The lowest BCUT2D eigenvalue weighted by molar-refractivity contribution is -0.131. The molecule has 1 amide bonds. The van der Waals surface area contributed by atoms with Gasteiger partial charge in [0.15, 0.2) is 0 Å². The number of amides is 1. The summed E-state index contributed by atoms with van der Waals surface area (Å²) in [6, 6.07) is 0. The fourth-order valence-corrected chi connectivity index (χ4v) is 1.37. The zero-order chi connectivity index (χ0) is 7.40. The smallest absolute Gasteiger partial charge is 0.222 e.